The molecule has 1 aliphatic heterocycles. The van der Waals surface area contributed by atoms with E-state index < -0.39 is 5.60 Å². The van der Waals surface area contributed by atoms with Crippen molar-refractivity contribution in [1.29, 1.82) is 0 Å². The molecule has 8 heteroatoms. The van der Waals surface area contributed by atoms with Crippen LogP contribution in [-0.2, 0) is 4.74 Å². The summed E-state index contributed by atoms with van der Waals surface area (Å²) >= 11 is 11.8. The molecule has 0 bridgehead atoms. The van der Waals surface area contributed by atoms with E-state index in [1.165, 1.54) is 6.20 Å². The molecule has 0 unspecified atom stereocenters. The first-order valence-corrected chi connectivity index (χ1v) is 7.90. The first kappa shape index (κ1) is 17.1. The molecule has 1 atom stereocenters. The highest BCUT2D eigenvalue weighted by Crippen LogP contribution is 2.23. The number of carbonyl (C=O) groups excluding carboxylic acids is 1. The van der Waals surface area contributed by atoms with Crippen LogP contribution in [0.3, 0.4) is 0 Å². The summed E-state index contributed by atoms with van der Waals surface area (Å²) in [5, 5.41) is 3.73. The number of amides is 1. The number of likely N-dealkylation sites (tertiary alicyclic amines) is 1. The molecule has 2 heterocycles. The zero-order valence-corrected chi connectivity index (χ0v) is 14.4. The van der Waals surface area contributed by atoms with Crippen molar-refractivity contribution in [2.75, 3.05) is 25.0 Å². The Bertz CT molecular complexity index is 548. The van der Waals surface area contributed by atoms with E-state index in [0.29, 0.717) is 36.4 Å². The average molecular weight is 347 g/mol. The lowest BCUT2D eigenvalue weighted by molar-refractivity contribution is 0.0289. The van der Waals surface area contributed by atoms with Gasteiger partial charge in [0.1, 0.15) is 16.4 Å². The maximum atomic E-state index is 12.0. The molecule has 2 rings (SSSR count). The van der Waals surface area contributed by atoms with Gasteiger partial charge in [0.2, 0.25) is 5.28 Å². The molecule has 6 nitrogen and oxygen atoms in total. The van der Waals surface area contributed by atoms with Gasteiger partial charge >= 0.3 is 6.09 Å². The molecule has 0 aromatic carbocycles. The smallest absolute Gasteiger partial charge is 0.410 e. The number of rotatable bonds is 3. The van der Waals surface area contributed by atoms with E-state index in [1.54, 1.807) is 4.90 Å². The predicted molar refractivity (Wildman–Crippen MR) is 86.5 cm³/mol. The Hall–Kier alpha value is -1.27. The van der Waals surface area contributed by atoms with Crippen LogP contribution in [0.5, 0.6) is 0 Å². The number of hydrogen-bond donors (Lipinski definition) is 1. The van der Waals surface area contributed by atoms with Crippen LogP contribution in [0.1, 0.15) is 27.2 Å². The van der Waals surface area contributed by atoms with Gasteiger partial charge in [-0.25, -0.2) is 9.78 Å². The molecular formula is C14H20Cl2N4O2. The first-order valence-electron chi connectivity index (χ1n) is 7.14. The molecular weight excluding hydrogens is 327 g/mol. The number of ether oxygens (including phenoxy) is 1. The van der Waals surface area contributed by atoms with Crippen LogP contribution < -0.4 is 5.32 Å². The number of anilines is 1. The van der Waals surface area contributed by atoms with E-state index in [4.69, 9.17) is 27.9 Å². The molecule has 1 saturated heterocycles. The van der Waals surface area contributed by atoms with E-state index in [0.717, 1.165) is 6.42 Å². The molecule has 0 aliphatic carbocycles. The molecule has 0 saturated carbocycles. The SMILES string of the molecule is CC(C)(C)OC(=O)N1CC[C@H](CNc2nc(Cl)ncc2Cl)C1. The minimum atomic E-state index is -0.474. The van der Waals surface area contributed by atoms with Gasteiger partial charge < -0.3 is 15.0 Å². The normalized spacial score (nSPS) is 18.4. The van der Waals surface area contributed by atoms with Gasteiger partial charge in [0.25, 0.3) is 0 Å². The van der Waals surface area contributed by atoms with Gasteiger partial charge in [-0.05, 0) is 44.7 Å². The Kier molecular flexibility index (Phi) is 5.34. The molecule has 22 heavy (non-hydrogen) atoms. The van der Waals surface area contributed by atoms with Gasteiger partial charge in [-0.15, -0.1) is 0 Å². The van der Waals surface area contributed by atoms with Crippen LogP contribution in [0.4, 0.5) is 10.6 Å². The number of nitrogens with zero attached hydrogens (tertiary/aromatic N) is 3. The van der Waals surface area contributed by atoms with Crippen LogP contribution in [0.2, 0.25) is 10.3 Å². The van der Waals surface area contributed by atoms with E-state index in [-0.39, 0.29) is 11.4 Å². The second-order valence-corrected chi connectivity index (χ2v) is 7.04. The summed E-state index contributed by atoms with van der Waals surface area (Å²) in [5.41, 5.74) is -0.474. The van der Waals surface area contributed by atoms with Crippen molar-refractivity contribution in [2.24, 2.45) is 5.92 Å². The summed E-state index contributed by atoms with van der Waals surface area (Å²) in [4.78, 5) is 21.6. The molecule has 1 amide bonds. The number of hydrogen-bond acceptors (Lipinski definition) is 5. The Morgan fingerprint density at radius 1 is 1.50 bits per heavy atom. The quantitative estimate of drug-likeness (QED) is 0.849. The summed E-state index contributed by atoms with van der Waals surface area (Å²) in [7, 11) is 0. The fraction of sp³-hybridized carbons (Fsp3) is 0.643. The molecule has 1 fully saturated rings. The Morgan fingerprint density at radius 2 is 2.23 bits per heavy atom. The van der Waals surface area contributed by atoms with Gasteiger partial charge in [0.05, 0.1) is 6.20 Å². The molecule has 122 valence electrons. The van der Waals surface area contributed by atoms with E-state index in [9.17, 15) is 4.79 Å². The fourth-order valence-corrected chi connectivity index (χ4v) is 2.49. The third-order valence-electron chi connectivity index (χ3n) is 3.21. The van der Waals surface area contributed by atoms with Crippen molar-refractivity contribution in [1.82, 2.24) is 14.9 Å². The maximum Gasteiger partial charge on any atom is 0.410 e. The van der Waals surface area contributed by atoms with Gasteiger partial charge in [0, 0.05) is 19.6 Å². The van der Waals surface area contributed by atoms with E-state index >= 15 is 0 Å². The molecule has 0 spiro atoms. The molecule has 1 aromatic heterocycles. The van der Waals surface area contributed by atoms with Gasteiger partial charge in [0.15, 0.2) is 0 Å². The minimum Gasteiger partial charge on any atom is -0.444 e. The largest absolute Gasteiger partial charge is 0.444 e. The topological polar surface area (TPSA) is 67.3 Å². The monoisotopic (exact) mass is 346 g/mol. The second-order valence-electron chi connectivity index (χ2n) is 6.30. The van der Waals surface area contributed by atoms with Crippen molar-refractivity contribution in [3.63, 3.8) is 0 Å². The molecule has 1 N–H and O–H groups in total. The summed E-state index contributed by atoms with van der Waals surface area (Å²) in [6.45, 7) is 7.59. The lowest BCUT2D eigenvalue weighted by Crippen LogP contribution is -2.35. The van der Waals surface area contributed by atoms with Crippen LogP contribution in [0.25, 0.3) is 0 Å². The Morgan fingerprint density at radius 3 is 2.91 bits per heavy atom. The lowest BCUT2D eigenvalue weighted by atomic mass is 10.1. The van der Waals surface area contributed by atoms with Crippen LogP contribution in [-0.4, -0.2) is 46.2 Å². The molecule has 1 aliphatic rings. The van der Waals surface area contributed by atoms with Crippen LogP contribution in [0.15, 0.2) is 6.20 Å². The number of nitrogens with one attached hydrogen (secondary N) is 1. The van der Waals surface area contributed by atoms with Crippen molar-refractivity contribution in [3.05, 3.63) is 16.5 Å². The van der Waals surface area contributed by atoms with Crippen molar-refractivity contribution < 1.29 is 9.53 Å². The fourth-order valence-electron chi connectivity index (χ4n) is 2.20. The van der Waals surface area contributed by atoms with Gasteiger partial charge in [-0.3, -0.25) is 0 Å². The third kappa shape index (κ3) is 4.88. The highest BCUT2D eigenvalue weighted by Gasteiger charge is 2.29. The van der Waals surface area contributed by atoms with Crippen molar-refractivity contribution in [2.45, 2.75) is 32.8 Å². The van der Waals surface area contributed by atoms with Crippen molar-refractivity contribution in [3.8, 4) is 0 Å². The standard InChI is InChI=1S/C14H20Cl2N4O2/c1-14(2,3)22-13(21)20-5-4-9(8-20)6-17-11-10(15)7-18-12(16)19-11/h7,9H,4-6,8H2,1-3H3,(H,17,18,19)/t9-/m1/s1. The Balaban J connectivity index is 1.84. The lowest BCUT2D eigenvalue weighted by Gasteiger charge is -2.24. The van der Waals surface area contributed by atoms with Crippen LogP contribution in [0, 0.1) is 5.92 Å². The third-order valence-corrected chi connectivity index (χ3v) is 3.67. The highest BCUT2D eigenvalue weighted by molar-refractivity contribution is 6.33. The van der Waals surface area contributed by atoms with E-state index in [2.05, 4.69) is 15.3 Å². The average Bonchev–Trinajstić information content (AvgIpc) is 2.87. The molecule has 1 aromatic rings. The van der Waals surface area contributed by atoms with Gasteiger partial charge in [-0.1, -0.05) is 11.6 Å². The summed E-state index contributed by atoms with van der Waals surface area (Å²) in [6, 6.07) is 0. The second kappa shape index (κ2) is 6.87. The Labute approximate surface area is 140 Å². The van der Waals surface area contributed by atoms with Crippen molar-refractivity contribution >= 4 is 35.1 Å². The zero-order chi connectivity index (χ0) is 16.3. The maximum absolute atomic E-state index is 12.0. The van der Waals surface area contributed by atoms with Crippen LogP contribution >= 0.6 is 23.2 Å². The predicted octanol–water partition coefficient (Wildman–Crippen LogP) is 3.45. The minimum absolute atomic E-state index is 0.147. The zero-order valence-electron chi connectivity index (χ0n) is 12.9. The summed E-state index contributed by atoms with van der Waals surface area (Å²) < 4.78 is 5.37. The van der Waals surface area contributed by atoms with E-state index in [1.807, 2.05) is 20.8 Å². The number of aromatic nitrogens is 2. The first-order chi connectivity index (χ1) is 10.2. The summed E-state index contributed by atoms with van der Waals surface area (Å²) in [5.74, 6) is 0.828. The number of halogens is 2. The van der Waals surface area contributed by atoms with Gasteiger partial charge in [-0.2, -0.15) is 4.98 Å². The highest BCUT2D eigenvalue weighted by atomic mass is 35.5. The number of carbonyl (C=O) groups is 1. The summed E-state index contributed by atoms with van der Waals surface area (Å²) in [6.07, 6.45) is 2.10. The molecule has 0 radical (unpaired) electrons.